The van der Waals surface area contributed by atoms with E-state index in [-0.39, 0.29) is 5.38 Å². The molecule has 108 valence electrons. The molecule has 0 aliphatic rings. The molecule has 1 aromatic rings. The molecule has 0 radical (unpaired) electrons. The minimum absolute atomic E-state index is 0.0430. The van der Waals surface area contributed by atoms with Crippen LogP contribution in [-0.2, 0) is 16.4 Å². The summed E-state index contributed by atoms with van der Waals surface area (Å²) >= 11 is 6.30. The van der Waals surface area contributed by atoms with Gasteiger partial charge in [0.25, 0.3) is 0 Å². The molecule has 1 atom stereocenters. The fraction of sp³-hybridized carbons (Fsp3) is 0.571. The van der Waals surface area contributed by atoms with Gasteiger partial charge in [-0.05, 0) is 30.4 Å². The van der Waals surface area contributed by atoms with E-state index in [9.17, 15) is 8.42 Å². The van der Waals surface area contributed by atoms with Crippen LogP contribution in [0.5, 0.6) is 0 Å². The Kier molecular flexibility index (Phi) is 5.83. The van der Waals surface area contributed by atoms with Crippen molar-refractivity contribution in [3.63, 3.8) is 0 Å². The molecule has 0 aliphatic heterocycles. The summed E-state index contributed by atoms with van der Waals surface area (Å²) in [5.74, 6) is 0.500. The third-order valence-electron chi connectivity index (χ3n) is 2.90. The molecule has 5 heteroatoms. The molecule has 0 N–H and O–H groups in total. The quantitative estimate of drug-likeness (QED) is 0.757. The lowest BCUT2D eigenvalue weighted by molar-refractivity contribution is 0.518. The highest BCUT2D eigenvalue weighted by molar-refractivity contribution is 7.89. The Morgan fingerprint density at radius 2 is 1.79 bits per heavy atom. The first kappa shape index (κ1) is 16.5. The Morgan fingerprint density at radius 1 is 1.21 bits per heavy atom. The minimum Gasteiger partial charge on any atom is -0.207 e. The van der Waals surface area contributed by atoms with Crippen molar-refractivity contribution in [1.82, 2.24) is 4.31 Å². The van der Waals surface area contributed by atoms with Gasteiger partial charge < -0.3 is 0 Å². The van der Waals surface area contributed by atoms with Gasteiger partial charge in [-0.3, -0.25) is 0 Å². The molecule has 1 rings (SSSR count). The van der Waals surface area contributed by atoms with Crippen LogP contribution in [0.2, 0.25) is 0 Å². The standard InChI is InChI=1S/C14H22ClNO2S/c1-11(2)9-13(15)10-12-7-5-6-8-14(12)19(17,18)16(3)4/h5-8,11,13H,9-10H2,1-4H3. The summed E-state index contributed by atoms with van der Waals surface area (Å²) in [7, 11) is -0.327. The maximum absolute atomic E-state index is 12.2. The van der Waals surface area contributed by atoms with Gasteiger partial charge in [0.05, 0.1) is 4.90 Å². The molecular weight excluding hydrogens is 282 g/mol. The third-order valence-corrected chi connectivity index (χ3v) is 5.15. The Balaban J connectivity index is 3.04. The van der Waals surface area contributed by atoms with Crippen LogP contribution in [0.25, 0.3) is 0 Å². The summed E-state index contributed by atoms with van der Waals surface area (Å²) in [6.45, 7) is 4.22. The van der Waals surface area contributed by atoms with Crippen molar-refractivity contribution < 1.29 is 8.42 Å². The number of hydrogen-bond acceptors (Lipinski definition) is 2. The predicted octanol–water partition coefficient (Wildman–Crippen LogP) is 3.13. The van der Waals surface area contributed by atoms with Gasteiger partial charge in [-0.2, -0.15) is 0 Å². The number of halogens is 1. The maximum atomic E-state index is 12.2. The van der Waals surface area contributed by atoms with E-state index in [0.29, 0.717) is 17.2 Å². The van der Waals surface area contributed by atoms with Gasteiger partial charge in [-0.1, -0.05) is 32.0 Å². The number of hydrogen-bond donors (Lipinski definition) is 0. The number of alkyl halides is 1. The number of rotatable bonds is 6. The topological polar surface area (TPSA) is 37.4 Å². The van der Waals surface area contributed by atoms with Gasteiger partial charge >= 0.3 is 0 Å². The minimum atomic E-state index is -3.41. The smallest absolute Gasteiger partial charge is 0.207 e. The molecule has 0 spiro atoms. The van der Waals surface area contributed by atoms with Gasteiger partial charge in [-0.15, -0.1) is 11.6 Å². The molecule has 3 nitrogen and oxygen atoms in total. The summed E-state index contributed by atoms with van der Waals surface area (Å²) in [5, 5.41) is -0.0430. The lowest BCUT2D eigenvalue weighted by atomic mass is 10.0. The van der Waals surface area contributed by atoms with Crippen LogP contribution in [0.1, 0.15) is 25.8 Å². The van der Waals surface area contributed by atoms with Crippen molar-refractivity contribution in [2.75, 3.05) is 14.1 Å². The van der Waals surface area contributed by atoms with Gasteiger partial charge in [0.1, 0.15) is 0 Å². The van der Waals surface area contributed by atoms with Crippen LogP contribution in [-0.4, -0.2) is 32.2 Å². The van der Waals surface area contributed by atoms with E-state index < -0.39 is 10.0 Å². The molecule has 0 aliphatic carbocycles. The fourth-order valence-electron chi connectivity index (χ4n) is 1.95. The van der Waals surface area contributed by atoms with E-state index in [4.69, 9.17) is 11.6 Å². The van der Waals surface area contributed by atoms with E-state index in [1.165, 1.54) is 4.31 Å². The first-order valence-corrected chi connectivity index (χ1v) is 8.27. The monoisotopic (exact) mass is 303 g/mol. The average Bonchev–Trinajstić information content (AvgIpc) is 2.27. The molecule has 0 bridgehead atoms. The Morgan fingerprint density at radius 3 is 2.32 bits per heavy atom. The first-order valence-electron chi connectivity index (χ1n) is 6.39. The number of benzene rings is 1. The zero-order valence-corrected chi connectivity index (χ0v) is 13.5. The van der Waals surface area contributed by atoms with Crippen molar-refractivity contribution in [2.24, 2.45) is 5.92 Å². The van der Waals surface area contributed by atoms with Crippen LogP contribution >= 0.6 is 11.6 Å². The zero-order chi connectivity index (χ0) is 14.6. The summed E-state index contributed by atoms with van der Waals surface area (Å²) in [5.41, 5.74) is 0.789. The van der Waals surface area contributed by atoms with Crippen molar-refractivity contribution in [2.45, 2.75) is 37.0 Å². The van der Waals surface area contributed by atoms with Crippen LogP contribution < -0.4 is 0 Å². The molecule has 0 heterocycles. The summed E-state index contributed by atoms with van der Waals surface area (Å²) in [4.78, 5) is 0.356. The second-order valence-electron chi connectivity index (χ2n) is 5.33. The van der Waals surface area contributed by atoms with Crippen LogP contribution in [0.3, 0.4) is 0 Å². The highest BCUT2D eigenvalue weighted by Gasteiger charge is 2.22. The summed E-state index contributed by atoms with van der Waals surface area (Å²) in [6.07, 6.45) is 1.45. The fourth-order valence-corrected chi connectivity index (χ4v) is 3.60. The van der Waals surface area contributed by atoms with E-state index >= 15 is 0 Å². The molecule has 0 saturated heterocycles. The molecule has 0 amide bonds. The van der Waals surface area contributed by atoms with Crippen LogP contribution in [0, 0.1) is 5.92 Å². The Hall–Kier alpha value is -0.580. The normalized spacial score (nSPS) is 14.1. The molecule has 19 heavy (non-hydrogen) atoms. The Bertz CT molecular complexity index is 512. The molecular formula is C14H22ClNO2S. The third kappa shape index (κ3) is 4.48. The molecule has 1 unspecified atom stereocenters. The zero-order valence-electron chi connectivity index (χ0n) is 11.9. The van der Waals surface area contributed by atoms with Crippen molar-refractivity contribution >= 4 is 21.6 Å². The SMILES string of the molecule is CC(C)CC(Cl)Cc1ccccc1S(=O)(=O)N(C)C. The summed E-state index contributed by atoms with van der Waals surface area (Å²) < 4.78 is 25.7. The number of sulfonamides is 1. The van der Waals surface area contributed by atoms with Gasteiger partial charge in [0, 0.05) is 19.5 Å². The predicted molar refractivity (Wildman–Crippen MR) is 80.1 cm³/mol. The van der Waals surface area contributed by atoms with Crippen LogP contribution in [0.15, 0.2) is 29.2 Å². The highest BCUT2D eigenvalue weighted by atomic mass is 35.5. The van der Waals surface area contributed by atoms with Crippen molar-refractivity contribution in [3.05, 3.63) is 29.8 Å². The largest absolute Gasteiger partial charge is 0.242 e. The van der Waals surface area contributed by atoms with Gasteiger partial charge in [-0.25, -0.2) is 12.7 Å². The molecule has 1 aromatic carbocycles. The van der Waals surface area contributed by atoms with E-state index in [1.54, 1.807) is 26.2 Å². The van der Waals surface area contributed by atoms with E-state index in [2.05, 4.69) is 13.8 Å². The lowest BCUT2D eigenvalue weighted by Crippen LogP contribution is -2.24. The van der Waals surface area contributed by atoms with Crippen LogP contribution in [0.4, 0.5) is 0 Å². The van der Waals surface area contributed by atoms with E-state index in [1.807, 2.05) is 12.1 Å². The second kappa shape index (κ2) is 6.73. The van der Waals surface area contributed by atoms with Gasteiger partial charge in [0.15, 0.2) is 0 Å². The van der Waals surface area contributed by atoms with Crippen molar-refractivity contribution in [1.29, 1.82) is 0 Å². The highest BCUT2D eigenvalue weighted by Crippen LogP contribution is 2.23. The number of nitrogens with zero attached hydrogens (tertiary/aromatic N) is 1. The maximum Gasteiger partial charge on any atom is 0.242 e. The average molecular weight is 304 g/mol. The summed E-state index contributed by atoms with van der Waals surface area (Å²) in [6, 6.07) is 7.07. The molecule has 0 fully saturated rings. The second-order valence-corrected chi connectivity index (χ2v) is 8.06. The lowest BCUT2D eigenvalue weighted by Gasteiger charge is -2.17. The molecule has 0 aromatic heterocycles. The van der Waals surface area contributed by atoms with Crippen molar-refractivity contribution in [3.8, 4) is 0 Å². The Labute approximate surface area is 121 Å². The van der Waals surface area contributed by atoms with E-state index in [0.717, 1.165) is 12.0 Å². The molecule has 0 saturated carbocycles. The van der Waals surface area contributed by atoms with Gasteiger partial charge in [0.2, 0.25) is 10.0 Å². The first-order chi connectivity index (χ1) is 8.75.